The van der Waals surface area contributed by atoms with Crippen LogP contribution in [0.15, 0.2) is 48.5 Å². The van der Waals surface area contributed by atoms with Crippen molar-refractivity contribution in [2.45, 2.75) is 6.42 Å². The van der Waals surface area contributed by atoms with Gasteiger partial charge in [0.25, 0.3) is 0 Å². The van der Waals surface area contributed by atoms with E-state index in [2.05, 4.69) is 25.1 Å². The molecule has 0 atom stereocenters. The molecule has 1 saturated heterocycles. The molecule has 0 aliphatic carbocycles. The number of halogens is 1. The number of hydrogen-bond donors (Lipinski definition) is 2. The van der Waals surface area contributed by atoms with E-state index in [0.717, 1.165) is 55.3 Å². The monoisotopic (exact) mass is 383 g/mol. The molecule has 0 unspecified atom stereocenters. The number of imidazole rings is 1. The van der Waals surface area contributed by atoms with Gasteiger partial charge in [0.15, 0.2) is 0 Å². The zero-order valence-corrected chi connectivity index (χ0v) is 15.7. The Hall–Kier alpha value is -2.57. The van der Waals surface area contributed by atoms with Gasteiger partial charge in [-0.15, -0.1) is 0 Å². The minimum absolute atomic E-state index is 0.0190. The SMILES string of the molecule is O=C(CN1CCCN(c2nc3ccccc3[nH]2)CC1)Nc1cccc(Cl)c1. The Kier molecular flexibility index (Phi) is 5.27. The number of anilines is 2. The number of fused-ring (bicyclic) bond motifs is 1. The van der Waals surface area contributed by atoms with E-state index in [9.17, 15) is 4.79 Å². The second-order valence-corrected chi connectivity index (χ2v) is 7.19. The number of aromatic amines is 1. The number of hydrogen-bond acceptors (Lipinski definition) is 4. The first-order chi connectivity index (χ1) is 13.2. The van der Waals surface area contributed by atoms with Crippen LogP contribution in [0.3, 0.4) is 0 Å². The first kappa shape index (κ1) is 17.8. The fraction of sp³-hybridized carbons (Fsp3) is 0.300. The lowest BCUT2D eigenvalue weighted by atomic mass is 10.3. The van der Waals surface area contributed by atoms with E-state index in [4.69, 9.17) is 11.6 Å². The molecule has 1 fully saturated rings. The fourth-order valence-corrected chi connectivity index (χ4v) is 3.59. The fourth-order valence-electron chi connectivity index (χ4n) is 3.40. The summed E-state index contributed by atoms with van der Waals surface area (Å²) in [6.45, 7) is 3.84. The van der Waals surface area contributed by atoms with Crippen molar-refractivity contribution in [3.8, 4) is 0 Å². The highest BCUT2D eigenvalue weighted by Gasteiger charge is 2.19. The van der Waals surface area contributed by atoms with Crippen molar-refractivity contribution < 1.29 is 4.79 Å². The molecule has 2 heterocycles. The Bertz CT molecular complexity index is 908. The number of para-hydroxylation sites is 2. The lowest BCUT2D eigenvalue weighted by molar-refractivity contribution is -0.117. The molecule has 4 rings (SSSR count). The van der Waals surface area contributed by atoms with E-state index in [0.29, 0.717) is 11.6 Å². The van der Waals surface area contributed by atoms with Crippen LogP contribution in [-0.2, 0) is 4.79 Å². The second kappa shape index (κ2) is 7.98. The Morgan fingerprint density at radius 1 is 1.11 bits per heavy atom. The van der Waals surface area contributed by atoms with E-state index in [1.165, 1.54) is 0 Å². The maximum Gasteiger partial charge on any atom is 0.238 e. The van der Waals surface area contributed by atoms with Crippen LogP contribution in [-0.4, -0.2) is 53.5 Å². The molecule has 6 nitrogen and oxygen atoms in total. The van der Waals surface area contributed by atoms with Crippen LogP contribution in [0.4, 0.5) is 11.6 Å². The topological polar surface area (TPSA) is 64.3 Å². The van der Waals surface area contributed by atoms with Gasteiger partial charge in [0, 0.05) is 36.9 Å². The van der Waals surface area contributed by atoms with Gasteiger partial charge in [0.05, 0.1) is 17.6 Å². The number of carbonyl (C=O) groups excluding carboxylic acids is 1. The first-order valence-corrected chi connectivity index (χ1v) is 9.53. The Morgan fingerprint density at radius 3 is 2.85 bits per heavy atom. The molecule has 27 heavy (non-hydrogen) atoms. The Balaban J connectivity index is 1.34. The second-order valence-electron chi connectivity index (χ2n) is 6.75. The summed E-state index contributed by atoms with van der Waals surface area (Å²) >= 11 is 5.97. The highest BCUT2D eigenvalue weighted by Crippen LogP contribution is 2.19. The summed E-state index contributed by atoms with van der Waals surface area (Å²) in [4.78, 5) is 24.9. The molecular weight excluding hydrogens is 362 g/mol. The maximum atomic E-state index is 12.3. The molecule has 2 N–H and O–H groups in total. The molecule has 1 aromatic heterocycles. The van der Waals surface area contributed by atoms with Gasteiger partial charge in [-0.25, -0.2) is 4.98 Å². The predicted octanol–water partition coefficient (Wildman–Crippen LogP) is 3.37. The molecule has 3 aromatic rings. The number of aromatic nitrogens is 2. The third kappa shape index (κ3) is 4.40. The summed E-state index contributed by atoms with van der Waals surface area (Å²) in [5.74, 6) is 0.885. The van der Waals surface area contributed by atoms with Crippen molar-refractivity contribution in [3.63, 3.8) is 0 Å². The molecule has 1 aliphatic rings. The standard InChI is InChI=1S/C20H22ClN5O/c21-15-5-3-6-16(13-15)22-19(27)14-25-9-4-10-26(12-11-25)20-23-17-7-1-2-8-18(17)24-20/h1-3,5-8,13H,4,9-12,14H2,(H,22,27)(H,23,24). The van der Waals surface area contributed by atoms with Gasteiger partial charge >= 0.3 is 0 Å². The average molecular weight is 384 g/mol. The van der Waals surface area contributed by atoms with E-state index in [1.54, 1.807) is 12.1 Å². The van der Waals surface area contributed by atoms with Gasteiger partial charge in [-0.1, -0.05) is 29.8 Å². The van der Waals surface area contributed by atoms with Crippen LogP contribution < -0.4 is 10.2 Å². The van der Waals surface area contributed by atoms with Crippen LogP contribution in [0.5, 0.6) is 0 Å². The third-order valence-corrected chi connectivity index (χ3v) is 4.98. The molecule has 2 aromatic carbocycles. The van der Waals surface area contributed by atoms with Gasteiger partial charge < -0.3 is 15.2 Å². The summed E-state index contributed by atoms with van der Waals surface area (Å²) in [6, 6.07) is 15.3. The summed E-state index contributed by atoms with van der Waals surface area (Å²) in [5, 5.41) is 3.53. The number of carbonyl (C=O) groups is 1. The number of amides is 1. The molecule has 7 heteroatoms. The first-order valence-electron chi connectivity index (χ1n) is 9.15. The van der Waals surface area contributed by atoms with E-state index >= 15 is 0 Å². The molecule has 0 radical (unpaired) electrons. The quantitative estimate of drug-likeness (QED) is 0.725. The minimum atomic E-state index is -0.0190. The lowest BCUT2D eigenvalue weighted by Crippen LogP contribution is -2.36. The zero-order valence-electron chi connectivity index (χ0n) is 15.0. The highest BCUT2D eigenvalue weighted by molar-refractivity contribution is 6.30. The van der Waals surface area contributed by atoms with E-state index in [-0.39, 0.29) is 5.91 Å². The summed E-state index contributed by atoms with van der Waals surface area (Å²) in [7, 11) is 0. The number of rotatable bonds is 4. The van der Waals surface area contributed by atoms with Crippen molar-refractivity contribution in [3.05, 3.63) is 53.6 Å². The number of benzene rings is 2. The van der Waals surface area contributed by atoms with Crippen molar-refractivity contribution in [2.24, 2.45) is 0 Å². The van der Waals surface area contributed by atoms with Crippen molar-refractivity contribution in [1.29, 1.82) is 0 Å². The Morgan fingerprint density at radius 2 is 2.00 bits per heavy atom. The van der Waals surface area contributed by atoms with Crippen molar-refractivity contribution >= 4 is 40.2 Å². The van der Waals surface area contributed by atoms with Gasteiger partial charge in [-0.05, 0) is 36.8 Å². The van der Waals surface area contributed by atoms with Gasteiger partial charge in [-0.3, -0.25) is 9.69 Å². The molecule has 1 amide bonds. The normalized spacial score (nSPS) is 15.7. The van der Waals surface area contributed by atoms with Crippen LogP contribution in [0.2, 0.25) is 5.02 Å². The van der Waals surface area contributed by atoms with Gasteiger partial charge in [0.2, 0.25) is 11.9 Å². The molecule has 1 aliphatic heterocycles. The molecular formula is C20H22ClN5O. The Labute approximate surface area is 163 Å². The van der Waals surface area contributed by atoms with Crippen LogP contribution in [0, 0.1) is 0 Å². The van der Waals surface area contributed by atoms with E-state index in [1.807, 2.05) is 36.4 Å². The van der Waals surface area contributed by atoms with Crippen LogP contribution >= 0.6 is 11.6 Å². The number of nitrogens with one attached hydrogen (secondary N) is 2. The summed E-state index contributed by atoms with van der Waals surface area (Å²) in [6.07, 6.45) is 0.988. The largest absolute Gasteiger partial charge is 0.341 e. The smallest absolute Gasteiger partial charge is 0.238 e. The van der Waals surface area contributed by atoms with E-state index < -0.39 is 0 Å². The number of nitrogens with zero attached hydrogens (tertiary/aromatic N) is 3. The van der Waals surface area contributed by atoms with Crippen LogP contribution in [0.1, 0.15) is 6.42 Å². The predicted molar refractivity (Wildman–Crippen MR) is 109 cm³/mol. The van der Waals surface area contributed by atoms with Crippen molar-refractivity contribution in [1.82, 2.24) is 14.9 Å². The molecule has 0 spiro atoms. The maximum absolute atomic E-state index is 12.3. The summed E-state index contributed by atoms with van der Waals surface area (Å²) in [5.41, 5.74) is 2.76. The number of H-pyrrole nitrogens is 1. The molecule has 0 bridgehead atoms. The van der Waals surface area contributed by atoms with Crippen LogP contribution in [0.25, 0.3) is 11.0 Å². The zero-order chi connectivity index (χ0) is 18.6. The minimum Gasteiger partial charge on any atom is -0.341 e. The lowest BCUT2D eigenvalue weighted by Gasteiger charge is -2.21. The third-order valence-electron chi connectivity index (χ3n) is 4.74. The molecule has 0 saturated carbocycles. The van der Waals surface area contributed by atoms with Gasteiger partial charge in [0.1, 0.15) is 0 Å². The van der Waals surface area contributed by atoms with Gasteiger partial charge in [-0.2, -0.15) is 0 Å². The average Bonchev–Trinajstić information content (AvgIpc) is 2.95. The highest BCUT2D eigenvalue weighted by atomic mass is 35.5. The summed E-state index contributed by atoms with van der Waals surface area (Å²) < 4.78 is 0. The molecule has 140 valence electrons. The van der Waals surface area contributed by atoms with Crippen molar-refractivity contribution in [2.75, 3.05) is 42.9 Å².